The van der Waals surface area contributed by atoms with E-state index in [1.54, 1.807) is 6.92 Å². The van der Waals surface area contributed by atoms with E-state index in [9.17, 15) is 13.6 Å². The van der Waals surface area contributed by atoms with Gasteiger partial charge in [-0.2, -0.15) is 0 Å². The van der Waals surface area contributed by atoms with Crippen molar-refractivity contribution in [2.24, 2.45) is 0 Å². The number of halogens is 3. The van der Waals surface area contributed by atoms with Gasteiger partial charge in [-0.15, -0.1) is 0 Å². The lowest BCUT2D eigenvalue weighted by Crippen LogP contribution is -2.10. The Morgan fingerprint density at radius 1 is 1.59 bits per heavy atom. The quantitative estimate of drug-likeness (QED) is 0.786. The molecule has 0 aliphatic heterocycles. The number of aromatic nitrogens is 1. The zero-order chi connectivity index (χ0) is 13.0. The van der Waals surface area contributed by atoms with Crippen LogP contribution in [0.3, 0.4) is 0 Å². The Kier molecular flexibility index (Phi) is 4.62. The van der Waals surface area contributed by atoms with Crippen molar-refractivity contribution < 1.29 is 23.0 Å². The van der Waals surface area contributed by atoms with Gasteiger partial charge in [0, 0.05) is 11.6 Å². The molecule has 0 amide bonds. The maximum atomic E-state index is 12.7. The Morgan fingerprint density at radius 3 is 2.71 bits per heavy atom. The van der Waals surface area contributed by atoms with Crippen LogP contribution in [0.4, 0.5) is 8.78 Å². The third-order valence-electron chi connectivity index (χ3n) is 1.88. The largest absolute Gasteiger partial charge is 0.481 e. The molecular weight excluding hydrogens is 256 g/mol. The zero-order valence-electron chi connectivity index (χ0n) is 9.17. The molecule has 1 aromatic heterocycles. The van der Waals surface area contributed by atoms with Crippen LogP contribution in [-0.4, -0.2) is 24.7 Å². The summed E-state index contributed by atoms with van der Waals surface area (Å²) in [6.45, 7) is 1.68. The van der Waals surface area contributed by atoms with Gasteiger partial charge in [-0.05, 0) is 6.92 Å². The average molecular weight is 266 g/mol. The molecule has 7 heteroatoms. The summed E-state index contributed by atoms with van der Waals surface area (Å²) in [5, 5.41) is -0.417. The molecule has 0 saturated heterocycles. The number of rotatable bonds is 4. The summed E-state index contributed by atoms with van der Waals surface area (Å²) in [6, 6.07) is 0.982. The Morgan fingerprint density at radius 2 is 2.24 bits per heavy atom. The van der Waals surface area contributed by atoms with Crippen molar-refractivity contribution in [3.05, 3.63) is 22.3 Å². The molecule has 1 heterocycles. The lowest BCUT2D eigenvalue weighted by molar-refractivity contribution is 0.0518. The second kappa shape index (κ2) is 5.77. The van der Waals surface area contributed by atoms with Crippen LogP contribution in [-0.2, 0) is 4.74 Å². The van der Waals surface area contributed by atoms with Gasteiger partial charge < -0.3 is 9.47 Å². The van der Waals surface area contributed by atoms with Crippen LogP contribution >= 0.6 is 11.6 Å². The molecule has 94 valence electrons. The molecule has 0 unspecified atom stereocenters. The summed E-state index contributed by atoms with van der Waals surface area (Å²) >= 11 is 5.66. The monoisotopic (exact) mass is 265 g/mol. The third kappa shape index (κ3) is 3.03. The molecule has 0 spiro atoms. The molecule has 0 aliphatic carbocycles. The van der Waals surface area contributed by atoms with Gasteiger partial charge in [0.1, 0.15) is 0 Å². The Balaban J connectivity index is 3.28. The number of esters is 1. The smallest absolute Gasteiger partial charge is 0.358 e. The van der Waals surface area contributed by atoms with Crippen molar-refractivity contribution in [3.63, 3.8) is 0 Å². The third-order valence-corrected chi connectivity index (χ3v) is 2.27. The summed E-state index contributed by atoms with van der Waals surface area (Å²) < 4.78 is 34.7. The highest BCUT2D eigenvalue weighted by Gasteiger charge is 2.23. The zero-order valence-corrected chi connectivity index (χ0v) is 9.92. The van der Waals surface area contributed by atoms with Crippen molar-refractivity contribution in [1.29, 1.82) is 0 Å². The van der Waals surface area contributed by atoms with Crippen molar-refractivity contribution in [1.82, 2.24) is 4.98 Å². The van der Waals surface area contributed by atoms with E-state index in [1.807, 2.05) is 0 Å². The number of pyridine rings is 1. The maximum Gasteiger partial charge on any atom is 0.358 e. The Labute approximate surface area is 101 Å². The standard InChI is InChI=1S/C10H10ClF2NO3/c1-3-17-10(15)8-7(11)5(9(12)13)4-6(14-8)16-2/h4,9H,3H2,1-2H3. The number of carbonyl (C=O) groups excluding carboxylic acids is 1. The van der Waals surface area contributed by atoms with Crippen molar-refractivity contribution in [2.75, 3.05) is 13.7 Å². The van der Waals surface area contributed by atoms with E-state index < -0.39 is 23.0 Å². The molecule has 1 rings (SSSR count). The predicted molar refractivity (Wildman–Crippen MR) is 56.7 cm³/mol. The number of hydrogen-bond acceptors (Lipinski definition) is 4. The summed E-state index contributed by atoms with van der Waals surface area (Å²) in [5.41, 5.74) is -0.885. The van der Waals surface area contributed by atoms with Crippen molar-refractivity contribution >= 4 is 17.6 Å². The normalized spacial score (nSPS) is 10.5. The van der Waals surface area contributed by atoms with Crippen LogP contribution in [0.15, 0.2) is 6.07 Å². The molecule has 0 atom stereocenters. The molecule has 0 bridgehead atoms. The van der Waals surface area contributed by atoms with E-state index in [1.165, 1.54) is 7.11 Å². The van der Waals surface area contributed by atoms with E-state index in [0.717, 1.165) is 6.07 Å². The van der Waals surface area contributed by atoms with Crippen LogP contribution in [0.5, 0.6) is 5.88 Å². The molecule has 1 aromatic rings. The fourth-order valence-corrected chi connectivity index (χ4v) is 1.38. The van der Waals surface area contributed by atoms with E-state index in [2.05, 4.69) is 9.72 Å². The first-order chi connectivity index (χ1) is 8.01. The number of nitrogens with zero attached hydrogens (tertiary/aromatic N) is 1. The van der Waals surface area contributed by atoms with Gasteiger partial charge in [-0.3, -0.25) is 0 Å². The van der Waals surface area contributed by atoms with Gasteiger partial charge in [-0.1, -0.05) is 11.6 Å². The number of hydrogen-bond donors (Lipinski definition) is 0. The highest BCUT2D eigenvalue weighted by molar-refractivity contribution is 6.34. The minimum atomic E-state index is -2.83. The molecule has 0 fully saturated rings. The number of methoxy groups -OCH3 is 1. The number of carbonyl (C=O) groups is 1. The minimum Gasteiger partial charge on any atom is -0.481 e. The molecule has 0 N–H and O–H groups in total. The lowest BCUT2D eigenvalue weighted by Gasteiger charge is -2.10. The first-order valence-corrected chi connectivity index (χ1v) is 5.08. The van der Waals surface area contributed by atoms with Crippen LogP contribution in [0.1, 0.15) is 29.4 Å². The molecule has 4 nitrogen and oxygen atoms in total. The van der Waals surface area contributed by atoms with Gasteiger partial charge >= 0.3 is 5.97 Å². The highest BCUT2D eigenvalue weighted by atomic mass is 35.5. The molecule has 0 saturated carbocycles. The highest BCUT2D eigenvalue weighted by Crippen LogP contribution is 2.32. The fourth-order valence-electron chi connectivity index (χ4n) is 1.12. The fraction of sp³-hybridized carbons (Fsp3) is 0.400. The van der Waals surface area contributed by atoms with Gasteiger partial charge in [0.05, 0.1) is 18.7 Å². The van der Waals surface area contributed by atoms with Crippen LogP contribution < -0.4 is 4.74 Å². The summed E-state index contributed by atoms with van der Waals surface area (Å²) in [4.78, 5) is 15.1. The second-order valence-electron chi connectivity index (χ2n) is 2.94. The van der Waals surface area contributed by atoms with E-state index in [4.69, 9.17) is 16.3 Å². The summed E-state index contributed by atoms with van der Waals surface area (Å²) in [5.74, 6) is -0.981. The van der Waals surface area contributed by atoms with Gasteiger partial charge in [0.2, 0.25) is 5.88 Å². The van der Waals surface area contributed by atoms with E-state index in [-0.39, 0.29) is 18.2 Å². The molecule has 17 heavy (non-hydrogen) atoms. The van der Waals surface area contributed by atoms with Gasteiger partial charge in [-0.25, -0.2) is 18.6 Å². The number of ether oxygens (including phenoxy) is 2. The minimum absolute atomic E-state index is 0.0953. The predicted octanol–water partition coefficient (Wildman–Crippen LogP) is 2.86. The van der Waals surface area contributed by atoms with E-state index >= 15 is 0 Å². The SMILES string of the molecule is CCOC(=O)c1nc(OC)cc(C(F)F)c1Cl. The lowest BCUT2D eigenvalue weighted by atomic mass is 10.2. The van der Waals surface area contributed by atoms with Gasteiger partial charge in [0.25, 0.3) is 6.43 Å². The molecular formula is C10H10ClF2NO3. The Hall–Kier alpha value is -1.43. The van der Waals surface area contributed by atoms with Crippen molar-refractivity contribution in [2.45, 2.75) is 13.3 Å². The second-order valence-corrected chi connectivity index (χ2v) is 3.32. The van der Waals surface area contributed by atoms with E-state index in [0.29, 0.717) is 0 Å². The molecule has 0 aromatic carbocycles. The van der Waals surface area contributed by atoms with Crippen LogP contribution in [0.25, 0.3) is 0 Å². The van der Waals surface area contributed by atoms with Crippen molar-refractivity contribution in [3.8, 4) is 5.88 Å². The summed E-state index contributed by atoms with van der Waals surface area (Å²) in [6.07, 6.45) is -2.83. The number of alkyl halides is 2. The molecule has 0 aliphatic rings. The van der Waals surface area contributed by atoms with Crippen LogP contribution in [0, 0.1) is 0 Å². The molecule has 0 radical (unpaired) electrons. The first-order valence-electron chi connectivity index (χ1n) is 4.71. The first kappa shape index (κ1) is 13.6. The average Bonchev–Trinajstić information content (AvgIpc) is 2.29. The Bertz CT molecular complexity index is 426. The topological polar surface area (TPSA) is 48.4 Å². The summed E-state index contributed by atoms with van der Waals surface area (Å²) in [7, 11) is 1.25. The van der Waals surface area contributed by atoms with Crippen LogP contribution in [0.2, 0.25) is 5.02 Å². The maximum absolute atomic E-state index is 12.7. The van der Waals surface area contributed by atoms with Gasteiger partial charge in [0.15, 0.2) is 5.69 Å².